The molecule has 1 spiro atoms. The lowest BCUT2D eigenvalue weighted by Gasteiger charge is -2.52. The third-order valence-corrected chi connectivity index (χ3v) is 9.89. The summed E-state index contributed by atoms with van der Waals surface area (Å²) >= 11 is 2.12. The Morgan fingerprint density at radius 1 is 1.07 bits per heavy atom. The zero-order chi connectivity index (χ0) is 21.0. The van der Waals surface area contributed by atoms with Crippen LogP contribution in [0.15, 0.2) is 29.2 Å². The van der Waals surface area contributed by atoms with Crippen LogP contribution < -0.4 is 16.2 Å². The van der Waals surface area contributed by atoms with Gasteiger partial charge in [0.05, 0.1) is 10.9 Å². The fourth-order valence-electron chi connectivity index (χ4n) is 5.69. The van der Waals surface area contributed by atoms with Crippen molar-refractivity contribution in [3.05, 3.63) is 29.8 Å². The second kappa shape index (κ2) is 9.90. The largest absolute Gasteiger partial charge is 0.311 e. The molecule has 2 saturated heterocycles. The van der Waals surface area contributed by atoms with Crippen LogP contribution in [0.2, 0.25) is 0 Å². The van der Waals surface area contributed by atoms with Crippen LogP contribution in [0.25, 0.3) is 0 Å². The number of benzene rings is 1. The number of thioether (sulfide) groups is 1. The highest BCUT2D eigenvalue weighted by molar-refractivity contribution is 8.00. The molecule has 3 N–H and O–H groups in total. The normalized spacial score (nSPS) is 30.1. The maximum atomic E-state index is 11.9. The molecular weight excluding hydrogens is 414 g/mol. The monoisotopic (exact) mass is 451 g/mol. The summed E-state index contributed by atoms with van der Waals surface area (Å²) in [5.41, 5.74) is 8.44. The van der Waals surface area contributed by atoms with Crippen LogP contribution >= 0.6 is 11.8 Å². The number of rotatable bonds is 5. The van der Waals surface area contributed by atoms with Crippen molar-refractivity contribution in [2.45, 2.75) is 80.0 Å². The van der Waals surface area contributed by atoms with E-state index in [4.69, 9.17) is 0 Å². The minimum Gasteiger partial charge on any atom is -0.311 e. The van der Waals surface area contributed by atoms with Crippen LogP contribution in [0, 0.1) is 5.41 Å². The first-order valence-corrected chi connectivity index (χ1v) is 14.6. The molecular formula is C23H37N3O2S2. The highest BCUT2D eigenvalue weighted by Crippen LogP contribution is 2.48. The zero-order valence-electron chi connectivity index (χ0n) is 18.2. The van der Waals surface area contributed by atoms with E-state index in [2.05, 4.69) is 27.9 Å². The van der Waals surface area contributed by atoms with Crippen molar-refractivity contribution < 1.29 is 8.42 Å². The summed E-state index contributed by atoms with van der Waals surface area (Å²) in [5, 5.41) is 4.74. The summed E-state index contributed by atoms with van der Waals surface area (Å²) in [6.45, 7) is 2.04. The van der Waals surface area contributed by atoms with E-state index in [9.17, 15) is 8.42 Å². The molecule has 3 aliphatic rings. The van der Waals surface area contributed by atoms with Crippen molar-refractivity contribution >= 4 is 21.6 Å². The Labute approximate surface area is 186 Å². The quantitative estimate of drug-likeness (QED) is 0.632. The summed E-state index contributed by atoms with van der Waals surface area (Å²) in [6, 6.07) is 8.20. The van der Waals surface area contributed by atoms with E-state index in [-0.39, 0.29) is 11.5 Å². The summed E-state index contributed by atoms with van der Waals surface area (Å²) in [5.74, 6) is 1.30. The molecule has 1 aromatic rings. The maximum Gasteiger partial charge on any atom is 0.175 e. The molecule has 3 fully saturated rings. The lowest BCUT2D eigenvalue weighted by atomic mass is 9.63. The molecule has 2 heterocycles. The van der Waals surface area contributed by atoms with Gasteiger partial charge in [-0.25, -0.2) is 13.8 Å². The minimum atomic E-state index is -3.17. The zero-order valence-corrected chi connectivity index (χ0v) is 19.8. The molecule has 1 aromatic carbocycles. The molecule has 3 unspecified atom stereocenters. The minimum absolute atomic E-state index is 0.154. The van der Waals surface area contributed by atoms with Crippen LogP contribution in [0.3, 0.4) is 0 Å². The lowest BCUT2D eigenvalue weighted by Crippen LogP contribution is -2.64. The van der Waals surface area contributed by atoms with Crippen molar-refractivity contribution in [3.63, 3.8) is 0 Å². The fourth-order valence-corrected chi connectivity index (χ4v) is 7.53. The van der Waals surface area contributed by atoms with Gasteiger partial charge in [-0.2, -0.15) is 11.8 Å². The van der Waals surface area contributed by atoms with E-state index in [0.717, 1.165) is 18.3 Å². The molecule has 2 aliphatic heterocycles. The van der Waals surface area contributed by atoms with Gasteiger partial charge < -0.3 is 5.32 Å². The van der Waals surface area contributed by atoms with Gasteiger partial charge in [0.1, 0.15) is 0 Å². The highest BCUT2D eigenvalue weighted by Gasteiger charge is 2.47. The van der Waals surface area contributed by atoms with Crippen LogP contribution in [0.4, 0.5) is 0 Å². The Bertz CT molecular complexity index is 783. The Hall–Kier alpha value is -0.600. The molecule has 0 radical (unpaired) electrons. The summed E-state index contributed by atoms with van der Waals surface area (Å²) in [4.78, 5) is 0.398. The second-order valence-corrected chi connectivity index (χ2v) is 12.8. The van der Waals surface area contributed by atoms with E-state index >= 15 is 0 Å². The standard InChI is InChI=1S/C23H37N3O2S2/c1-30(27,28)20-11-9-18(10-12-20)22-23(13-5-3-2-4-6-14-23)21(17-25-26-22)24-16-19-8-7-15-29-19/h9-12,19,21-22,24-26H,2-8,13-17H2,1H3. The van der Waals surface area contributed by atoms with E-state index in [1.165, 1.54) is 75.4 Å². The first kappa shape index (κ1) is 22.6. The number of hydrogen-bond acceptors (Lipinski definition) is 6. The molecule has 0 bridgehead atoms. The van der Waals surface area contributed by atoms with Crippen LogP contribution in [-0.4, -0.2) is 44.8 Å². The molecule has 30 heavy (non-hydrogen) atoms. The second-order valence-electron chi connectivity index (χ2n) is 9.40. The number of hydrazine groups is 1. The van der Waals surface area contributed by atoms with Gasteiger partial charge in [0.25, 0.3) is 0 Å². The highest BCUT2D eigenvalue weighted by atomic mass is 32.2. The van der Waals surface area contributed by atoms with E-state index in [0.29, 0.717) is 10.9 Å². The first-order chi connectivity index (χ1) is 14.5. The lowest BCUT2D eigenvalue weighted by molar-refractivity contribution is 0.0384. The molecule has 1 saturated carbocycles. The predicted molar refractivity (Wildman–Crippen MR) is 125 cm³/mol. The summed E-state index contributed by atoms with van der Waals surface area (Å²) in [7, 11) is -3.17. The Morgan fingerprint density at radius 3 is 2.40 bits per heavy atom. The average molecular weight is 452 g/mol. The van der Waals surface area contributed by atoms with Crippen LogP contribution in [-0.2, 0) is 9.84 Å². The first-order valence-electron chi connectivity index (χ1n) is 11.6. The smallest absolute Gasteiger partial charge is 0.175 e. The van der Waals surface area contributed by atoms with Crippen molar-refractivity contribution in [1.82, 2.24) is 16.2 Å². The van der Waals surface area contributed by atoms with Crippen molar-refractivity contribution in [1.29, 1.82) is 0 Å². The van der Waals surface area contributed by atoms with Crippen molar-refractivity contribution in [2.24, 2.45) is 5.41 Å². The maximum absolute atomic E-state index is 11.9. The SMILES string of the molecule is CS(=O)(=O)c1ccc(C2NNCC(NCC3CCCS3)C23CCCCCCC3)cc1. The molecule has 1 aliphatic carbocycles. The molecule has 5 nitrogen and oxygen atoms in total. The Morgan fingerprint density at radius 2 is 1.77 bits per heavy atom. The molecule has 3 atom stereocenters. The van der Waals surface area contributed by atoms with Crippen molar-refractivity contribution in [2.75, 3.05) is 25.1 Å². The third kappa shape index (κ3) is 5.07. The van der Waals surface area contributed by atoms with Gasteiger partial charge in [-0.3, -0.25) is 5.43 Å². The Balaban J connectivity index is 1.60. The number of hydrogen-bond donors (Lipinski definition) is 3. The molecule has 0 aromatic heterocycles. The molecule has 168 valence electrons. The van der Waals surface area contributed by atoms with Gasteiger partial charge in [0, 0.05) is 36.1 Å². The predicted octanol–water partition coefficient (Wildman–Crippen LogP) is 3.82. The summed E-state index contributed by atoms with van der Waals surface area (Å²) in [6.07, 6.45) is 12.9. The van der Waals surface area contributed by atoms with E-state index in [1.807, 2.05) is 12.1 Å². The van der Waals surface area contributed by atoms with Gasteiger partial charge in [0.15, 0.2) is 9.84 Å². The fraction of sp³-hybridized carbons (Fsp3) is 0.739. The van der Waals surface area contributed by atoms with Crippen LogP contribution in [0.1, 0.15) is 69.4 Å². The topological polar surface area (TPSA) is 70.2 Å². The average Bonchev–Trinajstić information content (AvgIpc) is 3.23. The van der Waals surface area contributed by atoms with E-state index < -0.39 is 9.84 Å². The van der Waals surface area contributed by atoms with Gasteiger partial charge in [-0.15, -0.1) is 0 Å². The van der Waals surface area contributed by atoms with Crippen molar-refractivity contribution in [3.8, 4) is 0 Å². The van der Waals surface area contributed by atoms with E-state index in [1.54, 1.807) is 12.1 Å². The molecule has 4 rings (SSSR count). The van der Waals surface area contributed by atoms with Gasteiger partial charge in [-0.1, -0.05) is 44.2 Å². The summed E-state index contributed by atoms with van der Waals surface area (Å²) < 4.78 is 23.8. The molecule has 7 heteroatoms. The van der Waals surface area contributed by atoms with Gasteiger partial charge in [-0.05, 0) is 49.1 Å². The van der Waals surface area contributed by atoms with Gasteiger partial charge in [0.2, 0.25) is 0 Å². The molecule has 0 amide bonds. The Kier molecular flexibility index (Phi) is 7.46. The number of sulfone groups is 1. The van der Waals surface area contributed by atoms with Gasteiger partial charge >= 0.3 is 0 Å². The number of nitrogens with one attached hydrogen (secondary N) is 3. The third-order valence-electron chi connectivity index (χ3n) is 7.36. The van der Waals surface area contributed by atoms with Crippen LogP contribution in [0.5, 0.6) is 0 Å².